The van der Waals surface area contributed by atoms with Crippen molar-refractivity contribution < 1.29 is 19.1 Å². The largest absolute Gasteiger partial charge is 0.493 e. The van der Waals surface area contributed by atoms with Crippen molar-refractivity contribution in [2.24, 2.45) is 5.92 Å². The molecule has 0 aliphatic heterocycles. The van der Waals surface area contributed by atoms with E-state index in [0.717, 1.165) is 16.8 Å². The van der Waals surface area contributed by atoms with Crippen molar-refractivity contribution in [2.75, 3.05) is 19.5 Å². The third-order valence-electron chi connectivity index (χ3n) is 4.05. The molecule has 0 saturated heterocycles. The fourth-order valence-corrected chi connectivity index (χ4v) is 2.43. The molecule has 0 atom stereocenters. The van der Waals surface area contributed by atoms with Crippen LogP contribution in [-0.4, -0.2) is 26.0 Å². The van der Waals surface area contributed by atoms with Gasteiger partial charge in [-0.1, -0.05) is 32.0 Å². The first kappa shape index (κ1) is 20.3. The molecule has 0 spiro atoms. The summed E-state index contributed by atoms with van der Waals surface area (Å²) in [5.41, 5.74) is 2.55. The number of anilines is 1. The van der Waals surface area contributed by atoms with Crippen LogP contribution in [0.5, 0.6) is 11.5 Å². The molecular formula is C21H26N2O4. The van der Waals surface area contributed by atoms with E-state index in [1.807, 2.05) is 44.2 Å². The van der Waals surface area contributed by atoms with E-state index in [1.54, 1.807) is 26.4 Å². The third kappa shape index (κ3) is 6.02. The number of carbonyl (C=O) groups is 2. The molecule has 0 heterocycles. The standard InChI is InChI=1S/C21H26N2O4/c1-14(2)21(25)23-17-8-5-15(6-9-17)13-22-20(24)12-16-7-10-18(26-3)19(11-16)27-4/h5-11,14H,12-13H2,1-4H3,(H,22,24)(H,23,25). The molecule has 0 aliphatic rings. The molecule has 144 valence electrons. The Morgan fingerprint density at radius 3 is 2.15 bits per heavy atom. The molecule has 0 fully saturated rings. The lowest BCUT2D eigenvalue weighted by molar-refractivity contribution is -0.120. The maximum Gasteiger partial charge on any atom is 0.226 e. The Labute approximate surface area is 159 Å². The Morgan fingerprint density at radius 1 is 0.926 bits per heavy atom. The summed E-state index contributed by atoms with van der Waals surface area (Å²) in [4.78, 5) is 23.9. The number of hydrogen-bond acceptors (Lipinski definition) is 4. The number of amides is 2. The van der Waals surface area contributed by atoms with Crippen molar-refractivity contribution >= 4 is 17.5 Å². The number of ether oxygens (including phenoxy) is 2. The second-order valence-corrected chi connectivity index (χ2v) is 6.48. The van der Waals surface area contributed by atoms with Gasteiger partial charge in [0.25, 0.3) is 0 Å². The summed E-state index contributed by atoms with van der Waals surface area (Å²) in [5.74, 6) is 1.05. The van der Waals surface area contributed by atoms with Gasteiger partial charge in [-0.2, -0.15) is 0 Å². The lowest BCUT2D eigenvalue weighted by Crippen LogP contribution is -2.24. The molecule has 2 amide bonds. The van der Waals surface area contributed by atoms with Crippen LogP contribution in [0.2, 0.25) is 0 Å². The smallest absolute Gasteiger partial charge is 0.226 e. The second-order valence-electron chi connectivity index (χ2n) is 6.48. The van der Waals surface area contributed by atoms with Crippen LogP contribution in [0.25, 0.3) is 0 Å². The van der Waals surface area contributed by atoms with Gasteiger partial charge < -0.3 is 20.1 Å². The fraction of sp³-hybridized carbons (Fsp3) is 0.333. The summed E-state index contributed by atoms with van der Waals surface area (Å²) in [5, 5.41) is 5.73. The normalized spacial score (nSPS) is 10.4. The zero-order valence-electron chi connectivity index (χ0n) is 16.2. The lowest BCUT2D eigenvalue weighted by atomic mass is 10.1. The summed E-state index contributed by atoms with van der Waals surface area (Å²) in [6, 6.07) is 12.8. The van der Waals surface area contributed by atoms with Crippen molar-refractivity contribution in [2.45, 2.75) is 26.8 Å². The Kier molecular flexibility index (Phi) is 7.23. The summed E-state index contributed by atoms with van der Waals surface area (Å²) in [6.45, 7) is 4.11. The van der Waals surface area contributed by atoms with Crippen LogP contribution < -0.4 is 20.1 Å². The molecule has 0 saturated carbocycles. The SMILES string of the molecule is COc1ccc(CC(=O)NCc2ccc(NC(=O)C(C)C)cc2)cc1OC. The van der Waals surface area contributed by atoms with Crippen LogP contribution in [0.1, 0.15) is 25.0 Å². The first-order chi connectivity index (χ1) is 12.9. The van der Waals surface area contributed by atoms with Crippen LogP contribution in [0.4, 0.5) is 5.69 Å². The molecule has 0 aromatic heterocycles. The average Bonchev–Trinajstić information content (AvgIpc) is 2.67. The molecule has 2 rings (SSSR count). The maximum absolute atomic E-state index is 12.2. The van der Waals surface area contributed by atoms with Crippen molar-refractivity contribution in [3.05, 3.63) is 53.6 Å². The topological polar surface area (TPSA) is 76.7 Å². The Bertz CT molecular complexity index is 785. The van der Waals surface area contributed by atoms with Crippen LogP contribution >= 0.6 is 0 Å². The lowest BCUT2D eigenvalue weighted by Gasteiger charge is -2.11. The molecule has 6 heteroatoms. The van der Waals surface area contributed by atoms with Gasteiger partial charge in [-0.3, -0.25) is 9.59 Å². The van der Waals surface area contributed by atoms with Crippen molar-refractivity contribution in [3.63, 3.8) is 0 Å². The molecule has 2 aromatic rings. The minimum atomic E-state index is -0.0839. The van der Waals surface area contributed by atoms with Gasteiger partial charge >= 0.3 is 0 Å². The van der Waals surface area contributed by atoms with E-state index in [-0.39, 0.29) is 24.2 Å². The van der Waals surface area contributed by atoms with Crippen molar-refractivity contribution in [3.8, 4) is 11.5 Å². The number of methoxy groups -OCH3 is 2. The van der Waals surface area contributed by atoms with Gasteiger partial charge in [0.15, 0.2) is 11.5 Å². The zero-order chi connectivity index (χ0) is 19.8. The summed E-state index contributed by atoms with van der Waals surface area (Å²) in [7, 11) is 3.14. The average molecular weight is 370 g/mol. The van der Waals surface area contributed by atoms with Gasteiger partial charge in [0.05, 0.1) is 20.6 Å². The molecule has 2 aromatic carbocycles. The van der Waals surface area contributed by atoms with Crippen molar-refractivity contribution in [1.29, 1.82) is 0 Å². The third-order valence-corrected chi connectivity index (χ3v) is 4.05. The van der Waals surface area contributed by atoms with E-state index in [4.69, 9.17) is 9.47 Å². The summed E-state index contributed by atoms with van der Waals surface area (Å²) < 4.78 is 10.5. The molecule has 2 N–H and O–H groups in total. The monoisotopic (exact) mass is 370 g/mol. The number of carbonyl (C=O) groups excluding carboxylic acids is 2. The molecule has 0 unspecified atom stereocenters. The van der Waals surface area contributed by atoms with Crippen molar-refractivity contribution in [1.82, 2.24) is 5.32 Å². The van der Waals surface area contributed by atoms with Gasteiger partial charge in [0.2, 0.25) is 11.8 Å². The minimum absolute atomic E-state index is 0.0222. The quantitative estimate of drug-likeness (QED) is 0.748. The van der Waals surface area contributed by atoms with E-state index in [9.17, 15) is 9.59 Å². The zero-order valence-corrected chi connectivity index (χ0v) is 16.2. The van der Waals surface area contributed by atoms with E-state index in [1.165, 1.54) is 0 Å². The number of benzene rings is 2. The Hall–Kier alpha value is -3.02. The predicted molar refractivity (Wildman–Crippen MR) is 105 cm³/mol. The molecular weight excluding hydrogens is 344 g/mol. The first-order valence-electron chi connectivity index (χ1n) is 8.80. The molecule has 27 heavy (non-hydrogen) atoms. The van der Waals surface area contributed by atoms with Crippen LogP contribution in [0.15, 0.2) is 42.5 Å². The highest BCUT2D eigenvalue weighted by Gasteiger charge is 2.09. The maximum atomic E-state index is 12.2. The Balaban J connectivity index is 1.87. The van der Waals surface area contributed by atoms with Gasteiger partial charge in [0, 0.05) is 18.2 Å². The van der Waals surface area contributed by atoms with Gasteiger partial charge in [-0.15, -0.1) is 0 Å². The highest BCUT2D eigenvalue weighted by Crippen LogP contribution is 2.27. The van der Waals surface area contributed by atoms with Gasteiger partial charge in [-0.25, -0.2) is 0 Å². The molecule has 0 radical (unpaired) electrons. The highest BCUT2D eigenvalue weighted by molar-refractivity contribution is 5.92. The first-order valence-corrected chi connectivity index (χ1v) is 8.80. The van der Waals surface area contributed by atoms with Gasteiger partial charge in [-0.05, 0) is 35.4 Å². The Morgan fingerprint density at radius 2 is 1.56 bits per heavy atom. The van der Waals surface area contributed by atoms with E-state index in [0.29, 0.717) is 18.0 Å². The molecule has 0 bridgehead atoms. The molecule has 0 aliphatic carbocycles. The van der Waals surface area contributed by atoms with Gasteiger partial charge in [0.1, 0.15) is 0 Å². The summed E-state index contributed by atoms with van der Waals surface area (Å²) in [6.07, 6.45) is 0.253. The van der Waals surface area contributed by atoms with E-state index in [2.05, 4.69) is 10.6 Å². The second kappa shape index (κ2) is 9.62. The van der Waals surface area contributed by atoms with E-state index < -0.39 is 0 Å². The van der Waals surface area contributed by atoms with Crippen LogP contribution in [0, 0.1) is 5.92 Å². The van der Waals surface area contributed by atoms with E-state index >= 15 is 0 Å². The fourth-order valence-electron chi connectivity index (χ4n) is 2.43. The minimum Gasteiger partial charge on any atom is -0.493 e. The number of nitrogens with one attached hydrogen (secondary N) is 2. The number of hydrogen-bond donors (Lipinski definition) is 2. The molecule has 6 nitrogen and oxygen atoms in total. The summed E-state index contributed by atoms with van der Waals surface area (Å²) >= 11 is 0. The predicted octanol–water partition coefficient (Wildman–Crippen LogP) is 3.16. The number of rotatable bonds is 8. The van der Waals surface area contributed by atoms with Crippen LogP contribution in [0.3, 0.4) is 0 Å². The highest BCUT2D eigenvalue weighted by atomic mass is 16.5. The van der Waals surface area contributed by atoms with Crippen LogP contribution in [-0.2, 0) is 22.6 Å².